The van der Waals surface area contributed by atoms with Gasteiger partial charge in [-0.1, -0.05) is 6.07 Å². The molecule has 0 amide bonds. The van der Waals surface area contributed by atoms with Crippen LogP contribution in [-0.2, 0) is 11.3 Å². The van der Waals surface area contributed by atoms with Crippen molar-refractivity contribution in [1.29, 1.82) is 5.26 Å². The largest absolute Gasteiger partial charge is 0.484 e. The Morgan fingerprint density at radius 2 is 2.26 bits per heavy atom. The minimum atomic E-state index is -0.453. The molecule has 0 saturated carbocycles. The van der Waals surface area contributed by atoms with Crippen molar-refractivity contribution in [2.45, 2.75) is 6.61 Å². The average Bonchev–Trinajstić information content (AvgIpc) is 2.89. The van der Waals surface area contributed by atoms with Crippen molar-refractivity contribution < 1.29 is 14.3 Å². The van der Waals surface area contributed by atoms with Gasteiger partial charge < -0.3 is 9.47 Å². The second-order valence-corrected chi connectivity index (χ2v) is 4.09. The number of aromatic nitrogens is 1. The highest BCUT2D eigenvalue weighted by Gasteiger charge is 2.24. The van der Waals surface area contributed by atoms with Crippen LogP contribution in [0.4, 0.5) is 0 Å². The number of hydrogen-bond acceptors (Lipinski definition) is 4. The van der Waals surface area contributed by atoms with Gasteiger partial charge in [-0.2, -0.15) is 5.26 Å². The number of nitriles is 1. The summed E-state index contributed by atoms with van der Waals surface area (Å²) >= 11 is 0. The first-order valence-corrected chi connectivity index (χ1v) is 5.71. The normalized spacial score (nSPS) is 11.8. The Kier molecular flexibility index (Phi) is 2.50. The van der Waals surface area contributed by atoms with Crippen LogP contribution in [0.2, 0.25) is 0 Å². The van der Waals surface area contributed by atoms with Crippen LogP contribution in [0.5, 0.6) is 5.75 Å². The first-order chi connectivity index (χ1) is 9.26. The Hall–Kier alpha value is -2.74. The maximum atomic E-state index is 11.7. The fourth-order valence-electron chi connectivity index (χ4n) is 2.23. The molecule has 0 atom stereocenters. The lowest BCUT2D eigenvalue weighted by molar-refractivity contribution is 0.0595. The van der Waals surface area contributed by atoms with Crippen LogP contribution in [0.3, 0.4) is 0 Å². The maximum Gasteiger partial charge on any atom is 0.341 e. The lowest BCUT2D eigenvalue weighted by Crippen LogP contribution is -2.16. The number of nitrogens with zero attached hydrogens (tertiary/aromatic N) is 2. The van der Waals surface area contributed by atoms with Crippen LogP contribution < -0.4 is 4.74 Å². The van der Waals surface area contributed by atoms with E-state index in [1.807, 2.05) is 12.1 Å². The summed E-state index contributed by atoms with van der Waals surface area (Å²) in [4.78, 5) is 11.7. The molecule has 0 unspecified atom stereocenters. The summed E-state index contributed by atoms with van der Waals surface area (Å²) in [7, 11) is 1.33. The predicted octanol–water partition coefficient (Wildman–Crippen LogP) is 2.03. The molecule has 5 heteroatoms. The van der Waals surface area contributed by atoms with Crippen molar-refractivity contribution in [3.05, 3.63) is 47.3 Å². The third-order valence-corrected chi connectivity index (χ3v) is 3.08. The topological polar surface area (TPSA) is 64.2 Å². The first kappa shape index (κ1) is 11.4. The Labute approximate surface area is 109 Å². The van der Waals surface area contributed by atoms with Gasteiger partial charge in [-0.25, -0.2) is 4.79 Å². The number of carbonyl (C=O) groups excluding carboxylic acids is 1. The summed E-state index contributed by atoms with van der Waals surface area (Å²) in [6.07, 6.45) is 0. The van der Waals surface area contributed by atoms with E-state index in [0.717, 1.165) is 5.69 Å². The maximum absolute atomic E-state index is 11.7. The summed E-state index contributed by atoms with van der Waals surface area (Å²) in [5.41, 5.74) is 2.45. The van der Waals surface area contributed by atoms with Gasteiger partial charge in [0.2, 0.25) is 0 Å². The number of hydrogen-bond donors (Lipinski definition) is 0. The van der Waals surface area contributed by atoms with Crippen molar-refractivity contribution in [2.24, 2.45) is 0 Å². The zero-order valence-corrected chi connectivity index (χ0v) is 10.2. The van der Waals surface area contributed by atoms with E-state index in [4.69, 9.17) is 14.7 Å². The molecule has 0 bridgehead atoms. The molecule has 5 nitrogen and oxygen atoms in total. The van der Waals surface area contributed by atoms with Gasteiger partial charge in [0.05, 0.1) is 18.5 Å². The summed E-state index contributed by atoms with van der Waals surface area (Å²) in [6, 6.07) is 10.9. The molecule has 2 aromatic rings. The van der Waals surface area contributed by atoms with Gasteiger partial charge >= 0.3 is 5.97 Å². The van der Waals surface area contributed by atoms with Crippen molar-refractivity contribution in [1.82, 2.24) is 4.57 Å². The highest BCUT2D eigenvalue weighted by molar-refractivity contribution is 5.94. The number of methoxy groups -OCH3 is 1. The lowest BCUT2D eigenvalue weighted by atomic mass is 10.1. The van der Waals surface area contributed by atoms with Crippen LogP contribution in [0.15, 0.2) is 30.3 Å². The standard InChI is InChI=1S/C14H10N2O3/c1-18-14(17)11-3-2-4-12-13(11)19-8-10-6-5-9(7-15)16(10)12/h2-6H,8H2,1H3. The predicted molar refractivity (Wildman–Crippen MR) is 66.2 cm³/mol. The van der Waals surface area contributed by atoms with E-state index in [-0.39, 0.29) is 0 Å². The summed E-state index contributed by atoms with van der Waals surface area (Å²) in [5, 5.41) is 9.13. The molecule has 0 radical (unpaired) electrons. The van der Waals surface area contributed by atoms with E-state index in [1.54, 1.807) is 22.8 Å². The highest BCUT2D eigenvalue weighted by atomic mass is 16.5. The van der Waals surface area contributed by atoms with Gasteiger partial charge in [0.25, 0.3) is 0 Å². The summed E-state index contributed by atoms with van der Waals surface area (Å²) in [5.74, 6) is 0.000476. The number of fused-ring (bicyclic) bond motifs is 3. The molecule has 1 aromatic heterocycles. The Bertz CT molecular complexity index is 710. The molecule has 0 spiro atoms. The number of para-hydroxylation sites is 1. The second-order valence-electron chi connectivity index (χ2n) is 4.09. The third-order valence-electron chi connectivity index (χ3n) is 3.08. The van der Waals surface area contributed by atoms with Crippen LogP contribution in [0.25, 0.3) is 5.69 Å². The smallest absolute Gasteiger partial charge is 0.341 e. The van der Waals surface area contributed by atoms with Gasteiger partial charge in [0, 0.05) is 0 Å². The third kappa shape index (κ3) is 1.58. The van der Waals surface area contributed by atoms with Gasteiger partial charge in [0.1, 0.15) is 23.9 Å². The van der Waals surface area contributed by atoms with Crippen LogP contribution >= 0.6 is 0 Å². The molecule has 19 heavy (non-hydrogen) atoms. The van der Waals surface area contributed by atoms with Gasteiger partial charge in [-0.05, 0) is 24.3 Å². The lowest BCUT2D eigenvalue weighted by Gasteiger charge is -2.22. The Morgan fingerprint density at radius 1 is 1.42 bits per heavy atom. The molecule has 1 aliphatic rings. The minimum Gasteiger partial charge on any atom is -0.484 e. The zero-order valence-electron chi connectivity index (χ0n) is 10.2. The molecular formula is C14H10N2O3. The van der Waals surface area contributed by atoms with Crippen molar-refractivity contribution >= 4 is 5.97 Å². The van der Waals surface area contributed by atoms with E-state index in [0.29, 0.717) is 29.3 Å². The fraction of sp³-hybridized carbons (Fsp3) is 0.143. The van der Waals surface area contributed by atoms with Gasteiger partial charge in [0.15, 0.2) is 5.75 Å². The molecule has 1 aliphatic heterocycles. The monoisotopic (exact) mass is 254 g/mol. The fourth-order valence-corrected chi connectivity index (χ4v) is 2.23. The van der Waals surface area contributed by atoms with E-state index in [2.05, 4.69) is 6.07 Å². The van der Waals surface area contributed by atoms with Crippen LogP contribution in [0.1, 0.15) is 21.7 Å². The number of benzene rings is 1. The molecule has 0 fully saturated rings. The highest BCUT2D eigenvalue weighted by Crippen LogP contribution is 2.34. The molecule has 0 saturated heterocycles. The Morgan fingerprint density at radius 3 is 3.00 bits per heavy atom. The number of esters is 1. The van der Waals surface area contributed by atoms with E-state index in [9.17, 15) is 4.79 Å². The van der Waals surface area contributed by atoms with E-state index in [1.165, 1.54) is 7.11 Å². The van der Waals surface area contributed by atoms with Crippen molar-refractivity contribution in [3.8, 4) is 17.5 Å². The number of ether oxygens (including phenoxy) is 2. The zero-order chi connectivity index (χ0) is 13.4. The molecular weight excluding hydrogens is 244 g/mol. The van der Waals surface area contributed by atoms with Crippen molar-refractivity contribution in [2.75, 3.05) is 7.11 Å². The second kappa shape index (κ2) is 4.18. The first-order valence-electron chi connectivity index (χ1n) is 5.71. The quantitative estimate of drug-likeness (QED) is 0.730. The summed E-state index contributed by atoms with van der Waals surface area (Å²) < 4.78 is 12.2. The van der Waals surface area contributed by atoms with Crippen LogP contribution in [-0.4, -0.2) is 17.6 Å². The molecule has 3 rings (SSSR count). The van der Waals surface area contributed by atoms with E-state index >= 15 is 0 Å². The molecule has 2 heterocycles. The molecule has 0 aliphatic carbocycles. The van der Waals surface area contributed by atoms with Crippen molar-refractivity contribution in [3.63, 3.8) is 0 Å². The molecule has 94 valence electrons. The molecule has 1 aromatic carbocycles. The molecule has 0 N–H and O–H groups in total. The van der Waals surface area contributed by atoms with Gasteiger partial charge in [-0.3, -0.25) is 4.57 Å². The SMILES string of the molecule is COC(=O)c1cccc2c1OCc1ccc(C#N)n1-2. The van der Waals surface area contributed by atoms with Crippen LogP contribution in [0, 0.1) is 11.3 Å². The number of carbonyl (C=O) groups is 1. The van der Waals surface area contributed by atoms with E-state index < -0.39 is 5.97 Å². The van der Waals surface area contributed by atoms with Gasteiger partial charge in [-0.15, -0.1) is 0 Å². The summed E-state index contributed by atoms with van der Waals surface area (Å²) in [6.45, 7) is 0.322. The minimum absolute atomic E-state index is 0.322. The Balaban J connectivity index is 2.26. The average molecular weight is 254 g/mol. The number of rotatable bonds is 1.